The number of fused-ring (bicyclic) bond motifs is 1. The molecule has 10 heteroatoms. The number of hydrogen-bond acceptors (Lipinski definition) is 7. The highest BCUT2D eigenvalue weighted by molar-refractivity contribution is 6.33. The number of imide groups is 1. The van der Waals surface area contributed by atoms with Crippen LogP contribution in [-0.4, -0.2) is 48.0 Å². The summed E-state index contributed by atoms with van der Waals surface area (Å²) < 4.78 is 5.39. The van der Waals surface area contributed by atoms with Crippen molar-refractivity contribution in [3.05, 3.63) is 53.1 Å². The van der Waals surface area contributed by atoms with Crippen molar-refractivity contribution in [2.45, 2.75) is 25.9 Å². The molecule has 1 fully saturated rings. The Morgan fingerprint density at radius 2 is 1.90 bits per heavy atom. The fraction of sp³-hybridized carbons (Fsp3) is 0.286. The van der Waals surface area contributed by atoms with E-state index in [4.69, 9.17) is 16.3 Å². The van der Waals surface area contributed by atoms with Crippen molar-refractivity contribution in [1.29, 1.82) is 0 Å². The molecule has 0 spiro atoms. The molecule has 3 amide bonds. The number of rotatable bonds is 6. The Hall–Kier alpha value is -3.46. The van der Waals surface area contributed by atoms with Gasteiger partial charge in [0.25, 0.3) is 11.8 Å². The molecule has 2 heterocycles. The summed E-state index contributed by atoms with van der Waals surface area (Å²) in [4.78, 5) is 39.4. The van der Waals surface area contributed by atoms with E-state index in [-0.39, 0.29) is 6.54 Å². The quantitative estimate of drug-likeness (QED) is 0.694. The van der Waals surface area contributed by atoms with Crippen molar-refractivity contribution in [3.63, 3.8) is 0 Å². The van der Waals surface area contributed by atoms with Crippen LogP contribution in [0.1, 0.15) is 12.5 Å². The van der Waals surface area contributed by atoms with Crippen molar-refractivity contribution >= 4 is 40.7 Å². The molecule has 2 aliphatic rings. The minimum absolute atomic E-state index is 0.245. The second kappa shape index (κ2) is 8.35. The number of nitrogens with one attached hydrogen (secondary N) is 1. The van der Waals surface area contributed by atoms with Crippen molar-refractivity contribution in [1.82, 2.24) is 5.01 Å². The van der Waals surface area contributed by atoms with Crippen molar-refractivity contribution in [2.24, 2.45) is 10.3 Å². The van der Waals surface area contributed by atoms with Crippen LogP contribution >= 0.6 is 11.6 Å². The average molecular weight is 442 g/mol. The highest BCUT2D eigenvalue weighted by Gasteiger charge is 2.55. The standard InChI is InChI=1S/C21H20ClN5O4/c1-3-31-14-7-5-13(6-8-14)27-20(29)18-19(21(27)30)26(25-24-18)11-17(28)23-16-9-4-12(2)10-15(16)22/h4-10,18-19H,3,11H2,1-2H3,(H,23,28). The summed E-state index contributed by atoms with van der Waals surface area (Å²) in [5, 5.41) is 12.1. The third-order valence-electron chi connectivity index (χ3n) is 4.97. The van der Waals surface area contributed by atoms with Gasteiger partial charge in [0.05, 0.1) is 23.0 Å². The Labute approximate surface area is 183 Å². The molecule has 0 radical (unpaired) electrons. The monoisotopic (exact) mass is 441 g/mol. The Balaban J connectivity index is 1.47. The molecule has 2 aromatic carbocycles. The zero-order chi connectivity index (χ0) is 22.1. The van der Waals surface area contributed by atoms with Gasteiger partial charge in [-0.3, -0.25) is 19.4 Å². The zero-order valence-corrected chi connectivity index (χ0v) is 17.7. The number of benzene rings is 2. The van der Waals surface area contributed by atoms with Crippen molar-refractivity contribution < 1.29 is 19.1 Å². The van der Waals surface area contributed by atoms with Crippen LogP contribution in [0.5, 0.6) is 5.75 Å². The summed E-state index contributed by atoms with van der Waals surface area (Å²) in [7, 11) is 0. The molecular weight excluding hydrogens is 422 g/mol. The number of ether oxygens (including phenoxy) is 1. The Kier molecular flexibility index (Phi) is 5.60. The number of carbonyl (C=O) groups excluding carboxylic acids is 3. The van der Waals surface area contributed by atoms with Gasteiger partial charge in [-0.25, -0.2) is 4.90 Å². The first-order chi connectivity index (χ1) is 14.9. The molecule has 31 heavy (non-hydrogen) atoms. The topological polar surface area (TPSA) is 104 Å². The van der Waals surface area contributed by atoms with E-state index in [1.807, 2.05) is 19.9 Å². The molecule has 0 aromatic heterocycles. The normalized spacial score (nSPS) is 19.7. The van der Waals surface area contributed by atoms with E-state index in [1.165, 1.54) is 5.01 Å². The SMILES string of the molecule is CCOc1ccc(N2C(=O)C3N=NN(CC(=O)Nc4ccc(C)cc4Cl)C3C2=O)cc1. The predicted octanol–water partition coefficient (Wildman–Crippen LogP) is 2.98. The number of aryl methyl sites for hydroxylation is 1. The molecule has 1 saturated heterocycles. The van der Waals surface area contributed by atoms with E-state index in [0.717, 1.165) is 10.5 Å². The highest BCUT2D eigenvalue weighted by Crippen LogP contribution is 2.32. The average Bonchev–Trinajstić information content (AvgIpc) is 3.25. The lowest BCUT2D eigenvalue weighted by Crippen LogP contribution is -2.43. The molecule has 9 nitrogen and oxygen atoms in total. The third-order valence-corrected chi connectivity index (χ3v) is 5.28. The first-order valence-electron chi connectivity index (χ1n) is 9.73. The van der Waals surface area contributed by atoms with Crippen LogP contribution < -0.4 is 15.0 Å². The lowest BCUT2D eigenvalue weighted by atomic mass is 10.1. The summed E-state index contributed by atoms with van der Waals surface area (Å²) in [6.07, 6.45) is 0. The molecule has 2 aliphatic heterocycles. The number of amides is 3. The van der Waals surface area contributed by atoms with Gasteiger partial charge in [0.2, 0.25) is 5.91 Å². The summed E-state index contributed by atoms with van der Waals surface area (Å²) >= 11 is 6.15. The number of carbonyl (C=O) groups is 3. The van der Waals surface area contributed by atoms with Gasteiger partial charge in [0.1, 0.15) is 12.3 Å². The maximum Gasteiger partial charge on any atom is 0.263 e. The van der Waals surface area contributed by atoms with Gasteiger partial charge in [-0.15, -0.1) is 0 Å². The van der Waals surface area contributed by atoms with E-state index in [9.17, 15) is 14.4 Å². The van der Waals surface area contributed by atoms with Crippen LogP contribution in [0.3, 0.4) is 0 Å². The second-order valence-electron chi connectivity index (χ2n) is 7.16. The fourth-order valence-electron chi connectivity index (χ4n) is 3.52. The summed E-state index contributed by atoms with van der Waals surface area (Å²) in [5.41, 5.74) is 1.83. The van der Waals surface area contributed by atoms with Gasteiger partial charge < -0.3 is 10.1 Å². The lowest BCUT2D eigenvalue weighted by molar-refractivity contribution is -0.123. The highest BCUT2D eigenvalue weighted by atomic mass is 35.5. The predicted molar refractivity (Wildman–Crippen MR) is 114 cm³/mol. The van der Waals surface area contributed by atoms with Gasteiger partial charge >= 0.3 is 0 Å². The molecule has 0 bridgehead atoms. The van der Waals surface area contributed by atoms with Crippen LogP contribution in [0.4, 0.5) is 11.4 Å². The number of anilines is 2. The lowest BCUT2D eigenvalue weighted by Gasteiger charge is -2.20. The van der Waals surface area contributed by atoms with Crippen LogP contribution in [-0.2, 0) is 14.4 Å². The van der Waals surface area contributed by atoms with E-state index < -0.39 is 29.8 Å². The van der Waals surface area contributed by atoms with Gasteiger partial charge in [-0.2, -0.15) is 5.11 Å². The Bertz CT molecular complexity index is 1070. The molecular formula is C21H20ClN5O4. The molecule has 2 aromatic rings. The van der Waals surface area contributed by atoms with Crippen LogP contribution in [0.15, 0.2) is 52.8 Å². The molecule has 2 atom stereocenters. The van der Waals surface area contributed by atoms with E-state index in [2.05, 4.69) is 15.7 Å². The van der Waals surface area contributed by atoms with Gasteiger partial charge in [0, 0.05) is 0 Å². The number of nitrogens with zero attached hydrogens (tertiary/aromatic N) is 4. The smallest absolute Gasteiger partial charge is 0.263 e. The summed E-state index contributed by atoms with van der Waals surface area (Å²) in [5.74, 6) is -0.749. The first-order valence-corrected chi connectivity index (χ1v) is 10.1. The van der Waals surface area contributed by atoms with Crippen LogP contribution in [0, 0.1) is 6.92 Å². The molecule has 0 aliphatic carbocycles. The molecule has 4 rings (SSSR count). The minimum atomic E-state index is -0.977. The van der Waals surface area contributed by atoms with Crippen molar-refractivity contribution in [3.8, 4) is 5.75 Å². The summed E-state index contributed by atoms with van der Waals surface area (Å²) in [6.45, 7) is 4.02. The third kappa shape index (κ3) is 3.96. The van der Waals surface area contributed by atoms with E-state index in [0.29, 0.717) is 28.8 Å². The second-order valence-corrected chi connectivity index (χ2v) is 7.57. The maximum absolute atomic E-state index is 13.0. The molecule has 0 saturated carbocycles. The largest absolute Gasteiger partial charge is 0.494 e. The minimum Gasteiger partial charge on any atom is -0.494 e. The van der Waals surface area contributed by atoms with Gasteiger partial charge in [0.15, 0.2) is 12.1 Å². The van der Waals surface area contributed by atoms with E-state index in [1.54, 1.807) is 36.4 Å². The van der Waals surface area contributed by atoms with Crippen LogP contribution in [0.25, 0.3) is 0 Å². The maximum atomic E-state index is 13.0. The Morgan fingerprint density at radius 1 is 1.16 bits per heavy atom. The molecule has 2 unspecified atom stereocenters. The fourth-order valence-corrected chi connectivity index (χ4v) is 3.81. The number of hydrogen-bond donors (Lipinski definition) is 1. The van der Waals surface area contributed by atoms with Gasteiger partial charge in [-0.05, 0) is 55.8 Å². The number of halogens is 1. The van der Waals surface area contributed by atoms with Gasteiger partial charge in [-0.1, -0.05) is 22.9 Å². The molecule has 160 valence electrons. The first kappa shape index (κ1) is 20.8. The zero-order valence-electron chi connectivity index (χ0n) is 16.9. The molecule has 1 N–H and O–H groups in total. The van der Waals surface area contributed by atoms with Crippen molar-refractivity contribution in [2.75, 3.05) is 23.4 Å². The summed E-state index contributed by atoms with van der Waals surface area (Å²) in [6, 6.07) is 9.95. The Morgan fingerprint density at radius 3 is 2.58 bits per heavy atom. The van der Waals surface area contributed by atoms with Crippen LogP contribution in [0.2, 0.25) is 5.02 Å². The van der Waals surface area contributed by atoms with E-state index >= 15 is 0 Å².